The molecule has 0 atom stereocenters. The number of allylic oxidation sites excluding steroid dienone is 1. The minimum Gasteiger partial charge on any atom is -0.343 e. The molecule has 0 saturated heterocycles. The van der Waals surface area contributed by atoms with E-state index in [2.05, 4.69) is 44.3 Å². The van der Waals surface area contributed by atoms with Gasteiger partial charge in [0.1, 0.15) is 0 Å². The van der Waals surface area contributed by atoms with Gasteiger partial charge in [-0.2, -0.15) is 13.2 Å². The molecule has 4 rings (SSSR count). The lowest BCUT2D eigenvalue weighted by molar-refractivity contribution is -0.145. The second kappa shape index (κ2) is 6.81. The third kappa shape index (κ3) is 3.47. The van der Waals surface area contributed by atoms with Crippen LogP contribution < -0.4 is 0 Å². The highest BCUT2D eigenvalue weighted by Gasteiger charge is 2.35. The average molecular weight is 372 g/mol. The number of nitrogens with zero attached hydrogens (tertiary/aromatic N) is 4. The van der Waals surface area contributed by atoms with Crippen molar-refractivity contribution in [3.05, 3.63) is 72.0 Å². The monoisotopic (exact) mass is 372 g/mol. The minimum atomic E-state index is -4.50. The minimum absolute atomic E-state index is 0.492. The van der Waals surface area contributed by atoms with Crippen molar-refractivity contribution >= 4 is 10.9 Å². The molecule has 1 aliphatic rings. The molecule has 0 saturated carbocycles. The number of aromatic nitrogens is 3. The molecular formula is C20H19F3N4. The van der Waals surface area contributed by atoms with Gasteiger partial charge in [-0.3, -0.25) is 4.90 Å². The van der Waals surface area contributed by atoms with Gasteiger partial charge in [0.05, 0.1) is 5.69 Å². The number of rotatable bonds is 4. The lowest BCUT2D eigenvalue weighted by Gasteiger charge is -2.28. The van der Waals surface area contributed by atoms with Crippen LogP contribution in [-0.4, -0.2) is 26.0 Å². The van der Waals surface area contributed by atoms with E-state index in [4.69, 9.17) is 0 Å². The first-order valence-electron chi connectivity index (χ1n) is 8.77. The first-order chi connectivity index (χ1) is 13.0. The van der Waals surface area contributed by atoms with E-state index in [1.54, 1.807) is 0 Å². The molecule has 140 valence electrons. The van der Waals surface area contributed by atoms with E-state index < -0.39 is 12.0 Å². The summed E-state index contributed by atoms with van der Waals surface area (Å²) in [5, 5.41) is 1.19. The zero-order chi connectivity index (χ0) is 19.0. The van der Waals surface area contributed by atoms with Crippen LogP contribution >= 0.6 is 0 Å². The Labute approximate surface area is 155 Å². The van der Waals surface area contributed by atoms with Crippen LogP contribution in [0.15, 0.2) is 49.3 Å². The second-order valence-electron chi connectivity index (χ2n) is 6.74. The van der Waals surface area contributed by atoms with Gasteiger partial charge in [-0.1, -0.05) is 24.3 Å². The SMILES string of the molecule is C=CCn1cc(CN2CCc3nc(C(F)(F)F)ncc3C2)c2ccccc21. The summed E-state index contributed by atoms with van der Waals surface area (Å²) >= 11 is 0. The predicted molar refractivity (Wildman–Crippen MR) is 97.0 cm³/mol. The van der Waals surface area contributed by atoms with Gasteiger partial charge >= 0.3 is 6.18 Å². The number of hydrogen-bond donors (Lipinski definition) is 0. The largest absolute Gasteiger partial charge is 0.451 e. The maximum absolute atomic E-state index is 12.8. The van der Waals surface area contributed by atoms with Crippen LogP contribution in [0.25, 0.3) is 10.9 Å². The van der Waals surface area contributed by atoms with Crippen LogP contribution in [0, 0.1) is 0 Å². The van der Waals surface area contributed by atoms with Gasteiger partial charge in [0.25, 0.3) is 0 Å². The summed E-state index contributed by atoms with van der Waals surface area (Å²) in [4.78, 5) is 9.45. The smallest absolute Gasteiger partial charge is 0.343 e. The standard InChI is InChI=1S/C20H19F3N4/c1-2-8-27-13-15(16-5-3-4-6-18(16)27)12-26-9-7-17-14(11-26)10-24-19(25-17)20(21,22)23/h2-6,10,13H,1,7-9,11-12H2. The van der Waals surface area contributed by atoms with Crippen LogP contribution in [0.3, 0.4) is 0 Å². The summed E-state index contributed by atoms with van der Waals surface area (Å²) in [6.45, 7) is 6.49. The number of hydrogen-bond acceptors (Lipinski definition) is 3. The van der Waals surface area contributed by atoms with Crippen molar-refractivity contribution in [2.75, 3.05) is 6.54 Å². The van der Waals surface area contributed by atoms with Gasteiger partial charge < -0.3 is 4.57 Å². The highest BCUT2D eigenvalue weighted by molar-refractivity contribution is 5.84. The molecular weight excluding hydrogens is 353 g/mol. The number of halogens is 3. The van der Waals surface area contributed by atoms with Crippen molar-refractivity contribution in [3.63, 3.8) is 0 Å². The third-order valence-electron chi connectivity index (χ3n) is 4.86. The molecule has 0 radical (unpaired) electrons. The Hall–Kier alpha value is -2.67. The van der Waals surface area contributed by atoms with Crippen LogP contribution in [-0.2, 0) is 32.2 Å². The summed E-state index contributed by atoms with van der Waals surface area (Å²) in [6.07, 6.45) is 1.30. The van der Waals surface area contributed by atoms with Crippen molar-refractivity contribution in [2.24, 2.45) is 0 Å². The van der Waals surface area contributed by atoms with Crippen LogP contribution in [0.4, 0.5) is 13.2 Å². The highest BCUT2D eigenvalue weighted by Crippen LogP contribution is 2.29. The molecule has 3 heterocycles. The molecule has 27 heavy (non-hydrogen) atoms. The van der Waals surface area contributed by atoms with Gasteiger partial charge in [0.15, 0.2) is 0 Å². The van der Waals surface area contributed by atoms with Gasteiger partial charge in [-0.15, -0.1) is 6.58 Å². The summed E-state index contributed by atoms with van der Waals surface area (Å²) in [7, 11) is 0. The first-order valence-corrected chi connectivity index (χ1v) is 8.77. The maximum atomic E-state index is 12.8. The van der Waals surface area contributed by atoms with Gasteiger partial charge in [-0.25, -0.2) is 9.97 Å². The Morgan fingerprint density at radius 3 is 2.81 bits per heavy atom. The van der Waals surface area contributed by atoms with Crippen molar-refractivity contribution in [1.82, 2.24) is 19.4 Å². The third-order valence-corrected chi connectivity index (χ3v) is 4.86. The second-order valence-corrected chi connectivity index (χ2v) is 6.74. The fourth-order valence-electron chi connectivity index (χ4n) is 3.63. The lowest BCUT2D eigenvalue weighted by atomic mass is 10.1. The molecule has 7 heteroatoms. The zero-order valence-electron chi connectivity index (χ0n) is 14.7. The summed E-state index contributed by atoms with van der Waals surface area (Å²) in [5.41, 5.74) is 3.62. The molecule has 4 nitrogen and oxygen atoms in total. The fourth-order valence-corrected chi connectivity index (χ4v) is 3.63. The number of fused-ring (bicyclic) bond motifs is 2. The molecule has 0 amide bonds. The van der Waals surface area contributed by atoms with E-state index in [1.165, 1.54) is 17.1 Å². The van der Waals surface area contributed by atoms with Crippen molar-refractivity contribution in [2.45, 2.75) is 32.2 Å². The molecule has 0 unspecified atom stereocenters. The molecule has 0 fully saturated rings. The predicted octanol–water partition coefficient (Wildman–Crippen LogP) is 4.19. The normalized spacial score (nSPS) is 15.1. The van der Waals surface area contributed by atoms with E-state index >= 15 is 0 Å². The van der Waals surface area contributed by atoms with Crippen molar-refractivity contribution < 1.29 is 13.2 Å². The zero-order valence-corrected chi connectivity index (χ0v) is 14.7. The van der Waals surface area contributed by atoms with Crippen molar-refractivity contribution in [1.29, 1.82) is 0 Å². The molecule has 0 N–H and O–H groups in total. The van der Waals surface area contributed by atoms with E-state index in [1.807, 2.05) is 18.2 Å². The molecule has 0 aliphatic carbocycles. The summed E-state index contributed by atoms with van der Waals surface area (Å²) in [6, 6.07) is 8.21. The molecule has 1 aliphatic heterocycles. The Morgan fingerprint density at radius 2 is 2.04 bits per heavy atom. The molecule has 0 bridgehead atoms. The molecule has 3 aromatic rings. The maximum Gasteiger partial charge on any atom is 0.451 e. The van der Waals surface area contributed by atoms with E-state index in [-0.39, 0.29) is 0 Å². The Bertz CT molecular complexity index is 991. The molecule has 1 aromatic carbocycles. The lowest BCUT2D eigenvalue weighted by Crippen LogP contribution is -2.31. The summed E-state index contributed by atoms with van der Waals surface area (Å²) < 4.78 is 40.5. The van der Waals surface area contributed by atoms with E-state index in [9.17, 15) is 13.2 Å². The van der Waals surface area contributed by atoms with Crippen LogP contribution in [0.5, 0.6) is 0 Å². The molecule has 0 spiro atoms. The quantitative estimate of drug-likeness (QED) is 0.644. The van der Waals surface area contributed by atoms with Gasteiger partial charge in [0, 0.05) is 61.5 Å². The van der Waals surface area contributed by atoms with E-state index in [0.29, 0.717) is 25.2 Å². The molecule has 2 aromatic heterocycles. The Kier molecular flexibility index (Phi) is 4.47. The average Bonchev–Trinajstić information content (AvgIpc) is 2.99. The van der Waals surface area contributed by atoms with Crippen LogP contribution in [0.2, 0.25) is 0 Å². The highest BCUT2D eigenvalue weighted by atomic mass is 19.4. The van der Waals surface area contributed by atoms with Crippen LogP contribution in [0.1, 0.15) is 22.6 Å². The first kappa shape index (κ1) is 17.7. The number of para-hydroxylation sites is 1. The van der Waals surface area contributed by atoms with Gasteiger partial charge in [-0.05, 0) is 11.6 Å². The van der Waals surface area contributed by atoms with E-state index in [0.717, 1.165) is 24.2 Å². The van der Waals surface area contributed by atoms with Crippen molar-refractivity contribution in [3.8, 4) is 0 Å². The number of benzene rings is 1. The number of alkyl halides is 3. The Morgan fingerprint density at radius 1 is 1.22 bits per heavy atom. The summed E-state index contributed by atoms with van der Waals surface area (Å²) in [5.74, 6) is -1.05. The van der Waals surface area contributed by atoms with Gasteiger partial charge in [0.2, 0.25) is 5.82 Å². The fraction of sp³-hybridized carbons (Fsp3) is 0.300. The topological polar surface area (TPSA) is 34.0 Å². The Balaban J connectivity index is 1.57.